The molecule has 1 atom stereocenters. The van der Waals surface area contributed by atoms with Crippen LogP contribution in [0.4, 0.5) is 0 Å². The SMILES string of the molecule is Cc1ccc(OCC(=O)NC(CCO)C(C)C)cc1. The number of hydrogen-bond acceptors (Lipinski definition) is 3. The summed E-state index contributed by atoms with van der Waals surface area (Å²) in [7, 11) is 0. The Morgan fingerprint density at radius 3 is 2.47 bits per heavy atom. The van der Waals surface area contributed by atoms with Crippen LogP contribution >= 0.6 is 0 Å². The van der Waals surface area contributed by atoms with Crippen molar-refractivity contribution in [2.75, 3.05) is 13.2 Å². The first kappa shape index (κ1) is 15.5. The average Bonchev–Trinajstić information content (AvgIpc) is 2.37. The van der Waals surface area contributed by atoms with E-state index in [0.717, 1.165) is 5.56 Å². The number of carbonyl (C=O) groups excluding carboxylic acids is 1. The Morgan fingerprint density at radius 2 is 1.95 bits per heavy atom. The molecule has 0 heterocycles. The number of aryl methyl sites for hydroxylation is 1. The molecular weight excluding hydrogens is 242 g/mol. The van der Waals surface area contributed by atoms with E-state index in [9.17, 15) is 4.79 Å². The lowest BCUT2D eigenvalue weighted by molar-refractivity contribution is -0.124. The van der Waals surface area contributed by atoms with E-state index in [1.54, 1.807) is 0 Å². The summed E-state index contributed by atoms with van der Waals surface area (Å²) in [5, 5.41) is 11.8. The first-order chi connectivity index (χ1) is 9.02. The molecular formula is C15H23NO3. The van der Waals surface area contributed by atoms with Gasteiger partial charge in [0, 0.05) is 12.6 Å². The maximum atomic E-state index is 11.8. The molecule has 1 rings (SSSR count). The van der Waals surface area contributed by atoms with Gasteiger partial charge in [0.25, 0.3) is 5.91 Å². The molecule has 4 nitrogen and oxygen atoms in total. The average molecular weight is 265 g/mol. The second kappa shape index (κ2) is 7.79. The maximum Gasteiger partial charge on any atom is 0.258 e. The third-order valence-electron chi connectivity index (χ3n) is 2.98. The van der Waals surface area contributed by atoms with E-state index in [1.807, 2.05) is 45.0 Å². The van der Waals surface area contributed by atoms with Crippen molar-refractivity contribution < 1.29 is 14.6 Å². The van der Waals surface area contributed by atoms with Gasteiger partial charge >= 0.3 is 0 Å². The van der Waals surface area contributed by atoms with Crippen LogP contribution in [-0.4, -0.2) is 30.3 Å². The first-order valence-electron chi connectivity index (χ1n) is 6.62. The summed E-state index contributed by atoms with van der Waals surface area (Å²) in [6, 6.07) is 7.55. The molecule has 0 aromatic heterocycles. The Bertz CT molecular complexity index is 387. The predicted octanol–water partition coefficient (Wildman–Crippen LogP) is 1.90. The van der Waals surface area contributed by atoms with E-state index < -0.39 is 0 Å². The smallest absolute Gasteiger partial charge is 0.258 e. The normalized spacial score (nSPS) is 12.3. The van der Waals surface area contributed by atoms with Gasteiger partial charge in [-0.3, -0.25) is 4.79 Å². The summed E-state index contributed by atoms with van der Waals surface area (Å²) in [4.78, 5) is 11.8. The van der Waals surface area contributed by atoms with Crippen LogP contribution in [0, 0.1) is 12.8 Å². The van der Waals surface area contributed by atoms with Gasteiger partial charge in [0.05, 0.1) is 0 Å². The molecule has 1 amide bonds. The Balaban J connectivity index is 2.40. The molecule has 0 aliphatic rings. The fraction of sp³-hybridized carbons (Fsp3) is 0.533. The van der Waals surface area contributed by atoms with Gasteiger partial charge in [-0.2, -0.15) is 0 Å². The summed E-state index contributed by atoms with van der Waals surface area (Å²) in [5.74, 6) is 0.812. The van der Waals surface area contributed by atoms with Crippen molar-refractivity contribution in [3.63, 3.8) is 0 Å². The van der Waals surface area contributed by atoms with Crippen molar-refractivity contribution >= 4 is 5.91 Å². The number of aliphatic hydroxyl groups excluding tert-OH is 1. The summed E-state index contributed by atoms with van der Waals surface area (Å²) in [6.07, 6.45) is 0.563. The van der Waals surface area contributed by atoms with Crippen LogP contribution in [-0.2, 0) is 4.79 Å². The van der Waals surface area contributed by atoms with E-state index in [0.29, 0.717) is 12.2 Å². The van der Waals surface area contributed by atoms with Gasteiger partial charge in [0.1, 0.15) is 5.75 Å². The standard InChI is InChI=1S/C15H23NO3/c1-11(2)14(8-9-17)16-15(18)10-19-13-6-4-12(3)5-7-13/h4-7,11,14,17H,8-10H2,1-3H3,(H,16,18). The molecule has 0 aliphatic carbocycles. The minimum Gasteiger partial charge on any atom is -0.484 e. The first-order valence-corrected chi connectivity index (χ1v) is 6.62. The van der Waals surface area contributed by atoms with Gasteiger partial charge in [-0.15, -0.1) is 0 Å². The van der Waals surface area contributed by atoms with Crippen LogP contribution < -0.4 is 10.1 Å². The predicted molar refractivity (Wildman–Crippen MR) is 75.1 cm³/mol. The highest BCUT2D eigenvalue weighted by atomic mass is 16.5. The van der Waals surface area contributed by atoms with E-state index >= 15 is 0 Å². The highest BCUT2D eigenvalue weighted by Gasteiger charge is 2.15. The van der Waals surface area contributed by atoms with Gasteiger partial charge in [-0.25, -0.2) is 0 Å². The molecule has 1 aromatic carbocycles. The fourth-order valence-corrected chi connectivity index (χ4v) is 1.74. The number of carbonyl (C=O) groups is 1. The number of amides is 1. The van der Waals surface area contributed by atoms with Crippen molar-refractivity contribution in [3.05, 3.63) is 29.8 Å². The van der Waals surface area contributed by atoms with Crippen LogP contribution in [0.25, 0.3) is 0 Å². The molecule has 0 spiro atoms. The molecule has 0 saturated heterocycles. The molecule has 106 valence electrons. The van der Waals surface area contributed by atoms with E-state index in [2.05, 4.69) is 5.32 Å². The minimum atomic E-state index is -0.160. The topological polar surface area (TPSA) is 58.6 Å². The highest BCUT2D eigenvalue weighted by Crippen LogP contribution is 2.11. The lowest BCUT2D eigenvalue weighted by Crippen LogP contribution is -2.41. The molecule has 19 heavy (non-hydrogen) atoms. The Kier molecular flexibility index (Phi) is 6.36. The number of nitrogens with one attached hydrogen (secondary N) is 1. The van der Waals surface area contributed by atoms with Gasteiger partial charge in [-0.05, 0) is 31.4 Å². The Labute approximate surface area is 114 Å². The number of ether oxygens (including phenoxy) is 1. The van der Waals surface area contributed by atoms with Crippen molar-refractivity contribution in [2.24, 2.45) is 5.92 Å². The largest absolute Gasteiger partial charge is 0.484 e. The third-order valence-corrected chi connectivity index (χ3v) is 2.98. The van der Waals surface area contributed by atoms with Gasteiger partial charge in [-0.1, -0.05) is 31.5 Å². The molecule has 0 aliphatic heterocycles. The molecule has 4 heteroatoms. The summed E-state index contributed by atoms with van der Waals surface area (Å²) >= 11 is 0. The van der Waals surface area contributed by atoms with E-state index in [4.69, 9.17) is 9.84 Å². The zero-order valence-corrected chi connectivity index (χ0v) is 11.8. The van der Waals surface area contributed by atoms with Crippen LogP contribution in [0.15, 0.2) is 24.3 Å². The Hall–Kier alpha value is -1.55. The van der Waals surface area contributed by atoms with Gasteiger partial charge in [0.2, 0.25) is 0 Å². The molecule has 1 unspecified atom stereocenters. The molecule has 1 aromatic rings. The quantitative estimate of drug-likeness (QED) is 0.791. The lowest BCUT2D eigenvalue weighted by Gasteiger charge is -2.21. The van der Waals surface area contributed by atoms with E-state index in [1.165, 1.54) is 0 Å². The Morgan fingerprint density at radius 1 is 1.32 bits per heavy atom. The second-order valence-electron chi connectivity index (χ2n) is 5.03. The molecule has 0 saturated carbocycles. The highest BCUT2D eigenvalue weighted by molar-refractivity contribution is 5.77. The minimum absolute atomic E-state index is 0.00227. The summed E-state index contributed by atoms with van der Waals surface area (Å²) < 4.78 is 5.41. The second-order valence-corrected chi connectivity index (χ2v) is 5.03. The van der Waals surface area contributed by atoms with Crippen LogP contribution in [0.2, 0.25) is 0 Å². The molecule has 0 fully saturated rings. The van der Waals surface area contributed by atoms with Crippen LogP contribution in [0.3, 0.4) is 0 Å². The maximum absolute atomic E-state index is 11.8. The molecule has 2 N–H and O–H groups in total. The number of benzene rings is 1. The molecule has 0 bridgehead atoms. The number of rotatable bonds is 7. The van der Waals surface area contributed by atoms with Crippen molar-refractivity contribution in [1.29, 1.82) is 0 Å². The van der Waals surface area contributed by atoms with Crippen molar-refractivity contribution in [1.82, 2.24) is 5.32 Å². The van der Waals surface area contributed by atoms with Crippen LogP contribution in [0.1, 0.15) is 25.8 Å². The summed E-state index contributed by atoms with van der Waals surface area (Å²) in [6.45, 7) is 6.10. The fourth-order valence-electron chi connectivity index (χ4n) is 1.74. The zero-order valence-electron chi connectivity index (χ0n) is 11.8. The lowest BCUT2D eigenvalue weighted by atomic mass is 10.0. The van der Waals surface area contributed by atoms with E-state index in [-0.39, 0.29) is 31.1 Å². The third kappa shape index (κ3) is 5.75. The number of aliphatic hydroxyl groups is 1. The van der Waals surface area contributed by atoms with Crippen LogP contribution in [0.5, 0.6) is 5.75 Å². The zero-order chi connectivity index (χ0) is 14.3. The molecule has 0 radical (unpaired) electrons. The van der Waals surface area contributed by atoms with Gasteiger partial charge < -0.3 is 15.2 Å². The van der Waals surface area contributed by atoms with Crippen molar-refractivity contribution in [3.8, 4) is 5.75 Å². The summed E-state index contributed by atoms with van der Waals surface area (Å²) in [5.41, 5.74) is 1.15. The van der Waals surface area contributed by atoms with Crippen molar-refractivity contribution in [2.45, 2.75) is 33.2 Å². The van der Waals surface area contributed by atoms with Gasteiger partial charge in [0.15, 0.2) is 6.61 Å². The monoisotopic (exact) mass is 265 g/mol. The number of hydrogen-bond donors (Lipinski definition) is 2.